The van der Waals surface area contributed by atoms with Crippen molar-refractivity contribution in [2.45, 2.75) is 25.8 Å². The first-order valence-corrected chi connectivity index (χ1v) is 7.27. The lowest BCUT2D eigenvalue weighted by Crippen LogP contribution is -2.30. The average Bonchev–Trinajstić information content (AvgIpc) is 3.16. The number of amides is 1. The molecule has 1 aromatic heterocycles. The zero-order valence-electron chi connectivity index (χ0n) is 12.3. The van der Waals surface area contributed by atoms with E-state index in [-0.39, 0.29) is 17.6 Å². The third-order valence-corrected chi connectivity index (χ3v) is 4.14. The van der Waals surface area contributed by atoms with Gasteiger partial charge in [-0.2, -0.15) is 0 Å². The lowest BCUT2D eigenvalue weighted by atomic mass is 10.1. The molecule has 1 N–H and O–H groups in total. The summed E-state index contributed by atoms with van der Waals surface area (Å²) in [4.78, 5) is 28.2. The third kappa shape index (κ3) is 2.47. The first kappa shape index (κ1) is 14.3. The maximum atomic E-state index is 12.7. The number of nitrogens with zero attached hydrogens (tertiary/aromatic N) is 2. The summed E-state index contributed by atoms with van der Waals surface area (Å²) in [6.07, 6.45) is 3.74. The van der Waals surface area contributed by atoms with Crippen molar-refractivity contribution in [3.8, 4) is 0 Å². The van der Waals surface area contributed by atoms with Crippen LogP contribution in [0.3, 0.4) is 0 Å². The molecule has 1 aromatic carbocycles. The molecule has 2 aromatic rings. The van der Waals surface area contributed by atoms with Gasteiger partial charge in [0.2, 0.25) is 0 Å². The van der Waals surface area contributed by atoms with Crippen molar-refractivity contribution in [2.75, 3.05) is 6.54 Å². The fraction of sp³-hybridized carbons (Fsp3) is 0.312. The van der Waals surface area contributed by atoms with Crippen LogP contribution in [0.1, 0.15) is 40.5 Å². The molecule has 0 aliphatic carbocycles. The summed E-state index contributed by atoms with van der Waals surface area (Å²) in [6, 6.07) is 8.51. The van der Waals surface area contributed by atoms with Crippen molar-refractivity contribution in [1.29, 1.82) is 0 Å². The van der Waals surface area contributed by atoms with Crippen LogP contribution in [0.2, 0.25) is 0 Å². The van der Waals surface area contributed by atoms with E-state index in [1.54, 1.807) is 13.0 Å². The quantitative estimate of drug-likeness (QED) is 0.698. The zero-order valence-corrected chi connectivity index (χ0v) is 12.3. The topological polar surface area (TPSA) is 79.2 Å². The van der Waals surface area contributed by atoms with Crippen molar-refractivity contribution in [1.82, 2.24) is 9.88 Å². The van der Waals surface area contributed by atoms with E-state index in [1.165, 1.54) is 12.1 Å². The van der Waals surface area contributed by atoms with Crippen LogP contribution in [0.25, 0.3) is 0 Å². The van der Waals surface area contributed by atoms with Crippen LogP contribution in [-0.4, -0.2) is 27.3 Å². The molecule has 6 heteroatoms. The Morgan fingerprint density at radius 2 is 2.23 bits per heavy atom. The van der Waals surface area contributed by atoms with Crippen LogP contribution in [0.5, 0.6) is 0 Å². The predicted molar refractivity (Wildman–Crippen MR) is 81.6 cm³/mol. The number of carbonyl (C=O) groups is 1. The molecule has 0 radical (unpaired) electrons. The van der Waals surface area contributed by atoms with Crippen molar-refractivity contribution in [3.05, 3.63) is 63.5 Å². The standard InChI is InChI=1S/C16H17N3O3/c1-11-10-12(6-7-14(11)19(21)22)16(20)18-9-3-5-15(18)13-4-2-8-17-13/h2,4,6-8,10,15,17H,3,5,9H2,1H3/t15-/m0/s1. The molecule has 1 amide bonds. The van der Waals surface area contributed by atoms with Gasteiger partial charge in [-0.05, 0) is 44.0 Å². The Morgan fingerprint density at radius 3 is 2.86 bits per heavy atom. The highest BCUT2D eigenvalue weighted by Crippen LogP contribution is 2.32. The summed E-state index contributed by atoms with van der Waals surface area (Å²) < 4.78 is 0. The lowest BCUT2D eigenvalue weighted by Gasteiger charge is -2.24. The Morgan fingerprint density at radius 1 is 1.41 bits per heavy atom. The summed E-state index contributed by atoms with van der Waals surface area (Å²) in [7, 11) is 0. The van der Waals surface area contributed by atoms with Crippen LogP contribution in [0.15, 0.2) is 36.5 Å². The van der Waals surface area contributed by atoms with Gasteiger partial charge in [-0.25, -0.2) is 0 Å². The summed E-state index contributed by atoms with van der Waals surface area (Å²) in [5.74, 6) is -0.0740. The number of nitro groups is 1. The van der Waals surface area contributed by atoms with Gasteiger partial charge in [0.25, 0.3) is 11.6 Å². The molecule has 1 atom stereocenters. The molecular weight excluding hydrogens is 282 g/mol. The van der Waals surface area contributed by atoms with Gasteiger partial charge >= 0.3 is 0 Å². The van der Waals surface area contributed by atoms with E-state index in [2.05, 4.69) is 4.98 Å². The Labute approximate surface area is 127 Å². The summed E-state index contributed by atoms with van der Waals surface area (Å²) in [5, 5.41) is 10.9. The molecule has 1 fully saturated rings. The molecule has 0 saturated carbocycles. The van der Waals surface area contributed by atoms with Gasteiger partial charge in [0, 0.05) is 35.6 Å². The number of hydrogen-bond donors (Lipinski definition) is 1. The number of aromatic amines is 1. The minimum atomic E-state index is -0.429. The average molecular weight is 299 g/mol. The molecular formula is C16H17N3O3. The molecule has 2 heterocycles. The number of rotatable bonds is 3. The molecule has 0 unspecified atom stereocenters. The molecule has 0 spiro atoms. The van der Waals surface area contributed by atoms with E-state index in [1.807, 2.05) is 23.2 Å². The first-order valence-electron chi connectivity index (χ1n) is 7.27. The largest absolute Gasteiger partial charge is 0.363 e. The van der Waals surface area contributed by atoms with Gasteiger partial charge in [0.1, 0.15) is 0 Å². The smallest absolute Gasteiger partial charge is 0.272 e. The fourth-order valence-corrected chi connectivity index (χ4v) is 3.04. The molecule has 114 valence electrons. The maximum absolute atomic E-state index is 12.7. The molecule has 1 saturated heterocycles. The van der Waals surface area contributed by atoms with Crippen molar-refractivity contribution in [3.63, 3.8) is 0 Å². The highest BCUT2D eigenvalue weighted by atomic mass is 16.6. The van der Waals surface area contributed by atoms with Gasteiger partial charge in [-0.3, -0.25) is 14.9 Å². The number of aromatic nitrogens is 1. The number of aryl methyl sites for hydroxylation is 1. The highest BCUT2D eigenvalue weighted by molar-refractivity contribution is 5.95. The first-order chi connectivity index (χ1) is 10.6. The lowest BCUT2D eigenvalue weighted by molar-refractivity contribution is -0.385. The van der Waals surface area contributed by atoms with Crippen molar-refractivity contribution < 1.29 is 9.72 Å². The van der Waals surface area contributed by atoms with Gasteiger partial charge in [0.05, 0.1) is 11.0 Å². The number of benzene rings is 1. The van der Waals surface area contributed by atoms with Crippen LogP contribution in [0, 0.1) is 17.0 Å². The highest BCUT2D eigenvalue weighted by Gasteiger charge is 2.31. The van der Waals surface area contributed by atoms with Gasteiger partial charge < -0.3 is 9.88 Å². The third-order valence-electron chi connectivity index (χ3n) is 4.14. The second-order valence-electron chi connectivity index (χ2n) is 5.54. The SMILES string of the molecule is Cc1cc(C(=O)N2CCC[C@H]2c2ccc[nH]2)ccc1[N+](=O)[O-]. The predicted octanol–water partition coefficient (Wildman–Crippen LogP) is 3.21. The van der Waals surface area contributed by atoms with Crippen molar-refractivity contribution in [2.24, 2.45) is 0 Å². The van der Waals surface area contributed by atoms with E-state index < -0.39 is 4.92 Å². The Balaban J connectivity index is 1.87. The summed E-state index contributed by atoms with van der Waals surface area (Å²) in [5.41, 5.74) is 2.08. The summed E-state index contributed by atoms with van der Waals surface area (Å²) >= 11 is 0. The van der Waals surface area contributed by atoms with E-state index in [0.717, 1.165) is 18.5 Å². The van der Waals surface area contributed by atoms with Crippen LogP contribution >= 0.6 is 0 Å². The normalized spacial score (nSPS) is 17.7. The molecule has 6 nitrogen and oxygen atoms in total. The molecule has 1 aliphatic heterocycles. The van der Waals surface area contributed by atoms with Gasteiger partial charge in [-0.1, -0.05) is 0 Å². The van der Waals surface area contributed by atoms with E-state index in [0.29, 0.717) is 17.7 Å². The van der Waals surface area contributed by atoms with E-state index >= 15 is 0 Å². The number of nitro benzene ring substituents is 1. The second kappa shape index (κ2) is 5.63. The minimum absolute atomic E-state index is 0.0406. The second-order valence-corrected chi connectivity index (χ2v) is 5.54. The minimum Gasteiger partial charge on any atom is -0.363 e. The Hall–Kier alpha value is -2.63. The molecule has 22 heavy (non-hydrogen) atoms. The molecule has 1 aliphatic rings. The van der Waals surface area contributed by atoms with Crippen LogP contribution in [0.4, 0.5) is 5.69 Å². The zero-order chi connectivity index (χ0) is 15.7. The maximum Gasteiger partial charge on any atom is 0.272 e. The molecule has 0 bridgehead atoms. The van der Waals surface area contributed by atoms with Crippen LogP contribution < -0.4 is 0 Å². The number of nitrogens with one attached hydrogen (secondary N) is 1. The van der Waals surface area contributed by atoms with Crippen molar-refractivity contribution >= 4 is 11.6 Å². The number of likely N-dealkylation sites (tertiary alicyclic amines) is 1. The van der Waals surface area contributed by atoms with Crippen LogP contribution in [-0.2, 0) is 0 Å². The van der Waals surface area contributed by atoms with Gasteiger partial charge in [-0.15, -0.1) is 0 Å². The summed E-state index contributed by atoms with van der Waals surface area (Å²) in [6.45, 7) is 2.36. The molecule has 3 rings (SSSR count). The Bertz CT molecular complexity index is 709. The van der Waals surface area contributed by atoms with Gasteiger partial charge in [0.15, 0.2) is 0 Å². The van der Waals surface area contributed by atoms with E-state index in [4.69, 9.17) is 0 Å². The number of hydrogen-bond acceptors (Lipinski definition) is 3. The Kier molecular flexibility index (Phi) is 3.66. The van der Waals surface area contributed by atoms with E-state index in [9.17, 15) is 14.9 Å². The number of H-pyrrole nitrogens is 1. The number of carbonyl (C=O) groups excluding carboxylic acids is 1. The monoisotopic (exact) mass is 299 g/mol. The fourth-order valence-electron chi connectivity index (χ4n) is 3.04.